The highest BCUT2D eigenvalue weighted by Gasteiger charge is 2.39. The molecule has 0 spiro atoms. The molecule has 0 aliphatic carbocycles. The normalized spacial score (nSPS) is 16.6. The highest BCUT2D eigenvalue weighted by Crippen LogP contribution is 2.31. The largest absolute Gasteiger partial charge is 0.481 e. The molecule has 2 aromatic rings. The Kier molecular flexibility index (Phi) is 5.59. The zero-order valence-corrected chi connectivity index (χ0v) is 14.7. The lowest BCUT2D eigenvalue weighted by molar-refractivity contribution is -0.127. The van der Waals surface area contributed by atoms with E-state index in [-0.39, 0.29) is 30.1 Å². The molecule has 132 valence electrons. The first-order chi connectivity index (χ1) is 12.6. The van der Waals surface area contributed by atoms with E-state index in [4.69, 9.17) is 11.2 Å². The van der Waals surface area contributed by atoms with Gasteiger partial charge < -0.3 is 4.74 Å². The average molecular weight is 369 g/mol. The first kappa shape index (κ1) is 18.0. The lowest BCUT2D eigenvalue weighted by Gasteiger charge is -2.14. The maximum atomic E-state index is 13.0. The van der Waals surface area contributed by atoms with Crippen molar-refractivity contribution < 1.29 is 18.7 Å². The minimum Gasteiger partial charge on any atom is -0.481 e. The van der Waals surface area contributed by atoms with Crippen molar-refractivity contribution in [1.82, 2.24) is 4.90 Å². The first-order valence-corrected chi connectivity index (χ1v) is 8.86. The molecule has 4 nitrogen and oxygen atoms in total. The molecule has 0 bridgehead atoms. The Morgan fingerprint density at radius 2 is 1.73 bits per heavy atom. The number of imide groups is 1. The molecule has 1 saturated heterocycles. The van der Waals surface area contributed by atoms with Gasteiger partial charge in [-0.2, -0.15) is 0 Å². The van der Waals surface area contributed by atoms with Crippen LogP contribution in [0.25, 0.3) is 0 Å². The fourth-order valence-electron chi connectivity index (χ4n) is 2.60. The zero-order valence-electron chi connectivity index (χ0n) is 13.9. The van der Waals surface area contributed by atoms with Crippen LogP contribution in [-0.2, 0) is 17.8 Å². The summed E-state index contributed by atoms with van der Waals surface area (Å²) in [6, 6.07) is 13.1. The van der Waals surface area contributed by atoms with E-state index < -0.39 is 5.25 Å². The number of benzene rings is 2. The minimum absolute atomic E-state index is 0.153. The van der Waals surface area contributed by atoms with Gasteiger partial charge in [0.05, 0.1) is 11.8 Å². The number of carbonyl (C=O) groups is 2. The van der Waals surface area contributed by atoms with E-state index in [1.54, 1.807) is 24.3 Å². The number of carbonyl (C=O) groups excluding carboxylic acids is 2. The van der Waals surface area contributed by atoms with E-state index in [0.717, 1.165) is 17.3 Å². The summed E-state index contributed by atoms with van der Waals surface area (Å²) < 4.78 is 18.3. The Bertz CT molecular complexity index is 843. The van der Waals surface area contributed by atoms with E-state index in [1.807, 2.05) is 12.1 Å². The van der Waals surface area contributed by atoms with Gasteiger partial charge in [-0.15, -0.1) is 6.42 Å². The van der Waals surface area contributed by atoms with Crippen molar-refractivity contribution in [3.05, 3.63) is 65.5 Å². The fourth-order valence-corrected chi connectivity index (χ4v) is 3.63. The van der Waals surface area contributed by atoms with Crippen molar-refractivity contribution in [3.8, 4) is 18.1 Å². The quantitative estimate of drug-likeness (QED) is 0.730. The van der Waals surface area contributed by atoms with E-state index in [2.05, 4.69) is 5.92 Å². The lowest BCUT2D eigenvalue weighted by atomic mass is 10.1. The third-order valence-corrected chi connectivity index (χ3v) is 5.00. The molecule has 1 fully saturated rings. The van der Waals surface area contributed by atoms with E-state index in [9.17, 15) is 14.0 Å². The second-order valence-corrected chi connectivity index (χ2v) is 6.92. The van der Waals surface area contributed by atoms with Crippen molar-refractivity contribution in [1.29, 1.82) is 0 Å². The Labute approximate surface area is 155 Å². The number of thioether (sulfide) groups is 1. The number of halogens is 1. The molecule has 1 atom stereocenters. The summed E-state index contributed by atoms with van der Waals surface area (Å²) >= 11 is 1.02. The highest BCUT2D eigenvalue weighted by atomic mass is 32.2. The predicted molar refractivity (Wildman–Crippen MR) is 98.2 cm³/mol. The SMILES string of the molecule is C#CCOc1ccc(C[C@H]2SC(=O)N(Cc3ccc(F)cc3)C2=O)cc1. The first-order valence-electron chi connectivity index (χ1n) is 7.98. The Balaban J connectivity index is 1.63. The zero-order chi connectivity index (χ0) is 18.5. The molecule has 1 heterocycles. The van der Waals surface area contributed by atoms with Crippen molar-refractivity contribution >= 4 is 22.9 Å². The van der Waals surface area contributed by atoms with E-state index in [0.29, 0.717) is 17.7 Å². The number of rotatable bonds is 6. The van der Waals surface area contributed by atoms with Gasteiger partial charge in [-0.1, -0.05) is 41.9 Å². The number of hydrogen-bond acceptors (Lipinski definition) is 4. The average Bonchev–Trinajstić information content (AvgIpc) is 2.90. The molecule has 0 unspecified atom stereocenters. The molecule has 2 aromatic carbocycles. The van der Waals surface area contributed by atoms with Crippen molar-refractivity contribution in [2.75, 3.05) is 6.61 Å². The molecule has 0 N–H and O–H groups in total. The summed E-state index contributed by atoms with van der Waals surface area (Å²) in [6.07, 6.45) is 5.60. The van der Waals surface area contributed by atoms with Crippen LogP contribution in [0, 0.1) is 18.2 Å². The van der Waals surface area contributed by atoms with Gasteiger partial charge in [0.25, 0.3) is 5.24 Å². The van der Waals surface area contributed by atoms with Gasteiger partial charge in [-0.3, -0.25) is 14.5 Å². The maximum Gasteiger partial charge on any atom is 0.289 e. The number of hydrogen-bond donors (Lipinski definition) is 0. The monoisotopic (exact) mass is 369 g/mol. The van der Waals surface area contributed by atoms with Crippen LogP contribution in [0.2, 0.25) is 0 Å². The summed E-state index contributed by atoms with van der Waals surface area (Å²) in [5.74, 6) is 2.48. The predicted octanol–water partition coefficient (Wildman–Crippen LogP) is 3.64. The molecule has 0 aromatic heterocycles. The van der Waals surface area contributed by atoms with Crippen molar-refractivity contribution in [2.24, 2.45) is 0 Å². The summed E-state index contributed by atoms with van der Waals surface area (Å²) in [5, 5.41) is -0.737. The third-order valence-electron chi connectivity index (χ3n) is 3.93. The molecule has 0 radical (unpaired) electrons. The smallest absolute Gasteiger partial charge is 0.289 e. The Morgan fingerprint density at radius 1 is 1.08 bits per heavy atom. The van der Waals surface area contributed by atoms with E-state index >= 15 is 0 Å². The van der Waals surface area contributed by atoms with Crippen LogP contribution < -0.4 is 4.74 Å². The van der Waals surface area contributed by atoms with E-state index in [1.165, 1.54) is 17.0 Å². The molecular formula is C20H16FNO3S. The van der Waals surface area contributed by atoms with Gasteiger partial charge in [-0.25, -0.2) is 4.39 Å². The van der Waals surface area contributed by atoms with Crippen LogP contribution in [0.15, 0.2) is 48.5 Å². The van der Waals surface area contributed by atoms with Gasteiger partial charge >= 0.3 is 0 Å². The fraction of sp³-hybridized carbons (Fsp3) is 0.200. The van der Waals surface area contributed by atoms with Crippen LogP contribution in [0.5, 0.6) is 5.75 Å². The van der Waals surface area contributed by atoms with Crippen LogP contribution >= 0.6 is 11.8 Å². The van der Waals surface area contributed by atoms with Gasteiger partial charge in [0, 0.05) is 0 Å². The van der Waals surface area contributed by atoms with Gasteiger partial charge in [-0.05, 0) is 41.8 Å². The number of nitrogens with zero attached hydrogens (tertiary/aromatic N) is 1. The standard InChI is InChI=1S/C20H16FNO3S/c1-2-11-25-17-9-5-14(6-10-17)12-18-19(23)22(20(24)26-18)13-15-3-7-16(21)8-4-15/h1,3-10,18H,11-13H2/t18-/m1/s1. The second kappa shape index (κ2) is 8.07. The van der Waals surface area contributed by atoms with Gasteiger partial charge in [0.2, 0.25) is 5.91 Å². The summed E-state index contributed by atoms with van der Waals surface area (Å²) in [7, 11) is 0. The van der Waals surface area contributed by atoms with Crippen LogP contribution in [0.3, 0.4) is 0 Å². The molecule has 0 saturated carbocycles. The topological polar surface area (TPSA) is 46.6 Å². The van der Waals surface area contributed by atoms with Crippen molar-refractivity contribution in [3.63, 3.8) is 0 Å². The Hall–Kier alpha value is -2.78. The van der Waals surface area contributed by atoms with Crippen LogP contribution in [0.1, 0.15) is 11.1 Å². The van der Waals surface area contributed by atoms with Crippen LogP contribution in [0.4, 0.5) is 9.18 Å². The second-order valence-electron chi connectivity index (χ2n) is 5.76. The summed E-state index contributed by atoms with van der Waals surface area (Å²) in [5.41, 5.74) is 1.64. The lowest BCUT2D eigenvalue weighted by Crippen LogP contribution is -2.31. The third kappa shape index (κ3) is 4.24. The molecule has 3 rings (SSSR count). The van der Waals surface area contributed by atoms with Gasteiger partial charge in [0.1, 0.15) is 18.2 Å². The van der Waals surface area contributed by atoms with Crippen molar-refractivity contribution in [2.45, 2.75) is 18.2 Å². The number of amides is 2. The van der Waals surface area contributed by atoms with Crippen LogP contribution in [-0.4, -0.2) is 27.9 Å². The summed E-state index contributed by atoms with van der Waals surface area (Å²) in [6.45, 7) is 0.351. The molecule has 2 amide bonds. The summed E-state index contributed by atoms with van der Waals surface area (Å²) in [4.78, 5) is 26.0. The molecular weight excluding hydrogens is 353 g/mol. The molecule has 1 aliphatic rings. The number of ether oxygens (including phenoxy) is 1. The van der Waals surface area contributed by atoms with Gasteiger partial charge in [0.15, 0.2) is 0 Å². The molecule has 6 heteroatoms. The number of terminal acetylenes is 1. The molecule has 1 aliphatic heterocycles. The Morgan fingerprint density at radius 3 is 2.38 bits per heavy atom. The highest BCUT2D eigenvalue weighted by molar-refractivity contribution is 8.15. The molecule has 26 heavy (non-hydrogen) atoms. The maximum absolute atomic E-state index is 13.0. The minimum atomic E-state index is -0.458.